The summed E-state index contributed by atoms with van der Waals surface area (Å²) in [6.45, 7) is 12.4. The summed E-state index contributed by atoms with van der Waals surface area (Å²) in [6, 6.07) is 7.35. The molecule has 0 amide bonds. The number of allylic oxidation sites excluding steroid dienone is 1. The van der Waals surface area contributed by atoms with Gasteiger partial charge in [-0.1, -0.05) is 12.1 Å². The second-order valence-corrected chi connectivity index (χ2v) is 8.81. The molecule has 1 aromatic carbocycles. The fraction of sp³-hybridized carbons (Fsp3) is 0.385. The summed E-state index contributed by atoms with van der Waals surface area (Å²) >= 11 is 0. The molecule has 0 radical (unpaired) electrons. The second kappa shape index (κ2) is 4.66. The lowest BCUT2D eigenvalue weighted by atomic mass is 10.1. The van der Waals surface area contributed by atoms with E-state index in [0.29, 0.717) is 0 Å². The zero-order chi connectivity index (χ0) is 11.5. The Hall–Kier alpha value is -1.02. The highest BCUT2D eigenvalue weighted by atomic mass is 28.4. The van der Waals surface area contributed by atoms with Gasteiger partial charge >= 0.3 is 0 Å². The number of hydrogen-bond acceptors (Lipinski definition) is 1. The van der Waals surface area contributed by atoms with Gasteiger partial charge < -0.3 is 4.43 Å². The summed E-state index contributed by atoms with van der Waals surface area (Å²) in [6.07, 6.45) is 1.95. The Morgan fingerprint density at radius 2 is 1.73 bits per heavy atom. The third kappa shape index (κ3) is 3.92. The fourth-order valence-electron chi connectivity index (χ4n) is 1.70. The number of rotatable bonds is 4. The molecule has 2 heteroatoms. The minimum absolute atomic E-state index is 0.986. The summed E-state index contributed by atoms with van der Waals surface area (Å²) < 4.78 is 6.07. The summed E-state index contributed by atoms with van der Waals surface area (Å²) in [5.41, 5.74) is 2.52. The molecule has 0 N–H and O–H groups in total. The third-order valence-electron chi connectivity index (χ3n) is 2.23. The van der Waals surface area contributed by atoms with Crippen molar-refractivity contribution in [2.75, 3.05) is 0 Å². The van der Waals surface area contributed by atoms with E-state index in [-0.39, 0.29) is 0 Å². The van der Waals surface area contributed by atoms with E-state index in [4.69, 9.17) is 4.43 Å². The molecule has 82 valence electrons. The van der Waals surface area contributed by atoms with Gasteiger partial charge in [0.15, 0.2) is 0 Å². The van der Waals surface area contributed by atoms with Crippen LogP contribution in [0.1, 0.15) is 11.1 Å². The fourth-order valence-corrected chi connectivity index (χ4v) is 3.23. The lowest BCUT2D eigenvalue weighted by Crippen LogP contribution is -2.33. The number of benzene rings is 1. The average Bonchev–Trinajstić information content (AvgIpc) is 1.99. The van der Waals surface area contributed by atoms with Gasteiger partial charge in [0.25, 0.3) is 0 Å². The van der Waals surface area contributed by atoms with Crippen LogP contribution in [0.2, 0.25) is 19.1 Å². The monoisotopic (exact) mass is 220 g/mol. The molecule has 0 atom stereocenters. The van der Waals surface area contributed by atoms with E-state index in [2.05, 4.69) is 51.7 Å². The Kier molecular flexibility index (Phi) is 3.75. The molecule has 0 aliphatic carbocycles. The molecule has 0 bridgehead atoms. The van der Waals surface area contributed by atoms with Crippen LogP contribution < -0.4 is 4.43 Å². The molecular formula is C13H20OSi. The van der Waals surface area contributed by atoms with Gasteiger partial charge in [-0.05, 0) is 56.2 Å². The minimum Gasteiger partial charge on any atom is -0.544 e. The normalized spacial score (nSPS) is 11.2. The van der Waals surface area contributed by atoms with Gasteiger partial charge in [0, 0.05) is 0 Å². The first-order valence-corrected chi connectivity index (χ1v) is 8.43. The molecule has 1 rings (SSSR count). The lowest BCUT2D eigenvalue weighted by Gasteiger charge is -2.23. The van der Waals surface area contributed by atoms with Gasteiger partial charge in [-0.2, -0.15) is 0 Å². The van der Waals surface area contributed by atoms with Crippen LogP contribution in [0.4, 0.5) is 0 Å². The molecule has 0 aromatic heterocycles. The second-order valence-electron chi connectivity index (χ2n) is 4.68. The maximum absolute atomic E-state index is 6.07. The molecule has 0 aliphatic rings. The van der Waals surface area contributed by atoms with Crippen molar-refractivity contribution in [2.24, 2.45) is 0 Å². The molecule has 1 aromatic rings. The van der Waals surface area contributed by atoms with Crippen LogP contribution in [-0.4, -0.2) is 8.32 Å². The number of aryl methyl sites for hydroxylation is 2. The molecule has 1 nitrogen and oxygen atoms in total. The van der Waals surface area contributed by atoms with Gasteiger partial charge in [-0.3, -0.25) is 0 Å². The Bertz CT molecular complexity index is 335. The van der Waals surface area contributed by atoms with E-state index >= 15 is 0 Å². The Morgan fingerprint density at radius 3 is 2.20 bits per heavy atom. The van der Waals surface area contributed by atoms with Crippen LogP contribution in [0, 0.1) is 13.8 Å². The van der Waals surface area contributed by atoms with Gasteiger partial charge in [-0.25, -0.2) is 0 Å². The van der Waals surface area contributed by atoms with Crippen LogP contribution in [0.15, 0.2) is 30.9 Å². The largest absolute Gasteiger partial charge is 0.544 e. The highest BCUT2D eigenvalue weighted by molar-refractivity contribution is 6.72. The Morgan fingerprint density at radius 1 is 1.20 bits per heavy atom. The molecule has 0 saturated carbocycles. The number of hydrogen-bond donors (Lipinski definition) is 0. The summed E-state index contributed by atoms with van der Waals surface area (Å²) in [4.78, 5) is 0. The zero-order valence-corrected chi connectivity index (χ0v) is 11.1. The molecule has 0 spiro atoms. The highest BCUT2D eigenvalue weighted by Gasteiger charge is 2.22. The van der Waals surface area contributed by atoms with Crippen LogP contribution in [-0.2, 0) is 0 Å². The van der Waals surface area contributed by atoms with Gasteiger partial charge in [0.05, 0.1) is 0 Å². The molecule has 0 aliphatic heterocycles. The SMILES string of the molecule is C=CC[Si](C)(C)Oc1cc(C)cc(C)c1. The van der Waals surface area contributed by atoms with Crippen LogP contribution in [0.3, 0.4) is 0 Å². The first-order valence-electron chi connectivity index (χ1n) is 5.31. The van der Waals surface area contributed by atoms with Crippen molar-refractivity contribution in [3.63, 3.8) is 0 Å². The van der Waals surface area contributed by atoms with E-state index in [9.17, 15) is 0 Å². The van der Waals surface area contributed by atoms with Crippen molar-refractivity contribution in [3.05, 3.63) is 42.0 Å². The Labute approximate surface area is 93.9 Å². The molecule has 15 heavy (non-hydrogen) atoms. The van der Waals surface area contributed by atoms with Crippen LogP contribution in [0.25, 0.3) is 0 Å². The van der Waals surface area contributed by atoms with Crippen molar-refractivity contribution < 1.29 is 4.43 Å². The van der Waals surface area contributed by atoms with Crippen LogP contribution in [0.5, 0.6) is 5.75 Å². The van der Waals surface area contributed by atoms with Gasteiger partial charge in [0.2, 0.25) is 8.32 Å². The minimum atomic E-state index is -1.61. The topological polar surface area (TPSA) is 9.23 Å². The predicted molar refractivity (Wildman–Crippen MR) is 69.0 cm³/mol. The van der Waals surface area contributed by atoms with Crippen molar-refractivity contribution in [1.82, 2.24) is 0 Å². The van der Waals surface area contributed by atoms with Gasteiger partial charge in [-0.15, -0.1) is 6.58 Å². The van der Waals surface area contributed by atoms with E-state index in [1.54, 1.807) is 0 Å². The summed E-state index contributed by atoms with van der Waals surface area (Å²) in [5.74, 6) is 1.01. The standard InChI is InChI=1S/C13H20OSi/c1-6-7-15(4,5)14-13-9-11(2)8-12(3)10-13/h6,8-10H,1,7H2,2-5H3. The van der Waals surface area contributed by atoms with E-state index in [1.807, 2.05) is 6.08 Å². The van der Waals surface area contributed by atoms with E-state index in [0.717, 1.165) is 11.8 Å². The molecule has 0 heterocycles. The maximum Gasteiger partial charge on any atom is 0.248 e. The first kappa shape index (κ1) is 12.0. The van der Waals surface area contributed by atoms with Crippen molar-refractivity contribution in [3.8, 4) is 5.75 Å². The van der Waals surface area contributed by atoms with E-state index < -0.39 is 8.32 Å². The Balaban J connectivity index is 2.84. The van der Waals surface area contributed by atoms with Crippen molar-refractivity contribution in [1.29, 1.82) is 0 Å². The lowest BCUT2D eigenvalue weighted by molar-refractivity contribution is 0.551. The van der Waals surface area contributed by atoms with Gasteiger partial charge in [0.1, 0.15) is 5.75 Å². The molecule has 0 fully saturated rings. The third-order valence-corrected chi connectivity index (χ3v) is 4.29. The first-order chi connectivity index (χ1) is 6.93. The zero-order valence-electron chi connectivity index (χ0n) is 10.1. The summed E-state index contributed by atoms with van der Waals surface area (Å²) in [5, 5.41) is 0. The maximum atomic E-state index is 6.07. The van der Waals surface area contributed by atoms with Crippen molar-refractivity contribution >= 4 is 8.32 Å². The molecule has 0 saturated heterocycles. The average molecular weight is 220 g/mol. The smallest absolute Gasteiger partial charge is 0.248 e. The van der Waals surface area contributed by atoms with Crippen molar-refractivity contribution in [2.45, 2.75) is 33.0 Å². The predicted octanol–water partition coefficient (Wildman–Crippen LogP) is 4.07. The van der Waals surface area contributed by atoms with Crippen LogP contribution >= 0.6 is 0 Å². The van der Waals surface area contributed by atoms with E-state index in [1.165, 1.54) is 11.1 Å². The molecule has 0 unspecified atom stereocenters. The highest BCUT2D eigenvalue weighted by Crippen LogP contribution is 2.21. The quantitative estimate of drug-likeness (QED) is 0.549. The summed E-state index contributed by atoms with van der Waals surface area (Å²) in [7, 11) is -1.61. The molecular weight excluding hydrogens is 200 g/mol.